The van der Waals surface area contributed by atoms with Crippen LogP contribution >= 0.6 is 0 Å². The number of aromatic nitrogens is 1. The van der Waals surface area contributed by atoms with Gasteiger partial charge in [-0.25, -0.2) is 0 Å². The lowest BCUT2D eigenvalue weighted by Gasteiger charge is -2.08. The van der Waals surface area contributed by atoms with Gasteiger partial charge in [-0.1, -0.05) is 19.2 Å². The first-order valence-electron chi connectivity index (χ1n) is 5.28. The lowest BCUT2D eigenvalue weighted by Crippen LogP contribution is -2.03. The highest BCUT2D eigenvalue weighted by Crippen LogP contribution is 2.27. The minimum atomic E-state index is 0.913. The first-order valence-corrected chi connectivity index (χ1v) is 5.28. The van der Waals surface area contributed by atoms with Gasteiger partial charge in [0.2, 0.25) is 0 Å². The van der Waals surface area contributed by atoms with Crippen molar-refractivity contribution in [3.05, 3.63) is 48.2 Å². The van der Waals surface area contributed by atoms with E-state index in [0.717, 1.165) is 22.3 Å². The zero-order chi connectivity index (χ0) is 11.7. The maximum Gasteiger partial charge on any atom is 0.0551 e. The van der Waals surface area contributed by atoms with Gasteiger partial charge in [-0.05, 0) is 30.2 Å². The number of nitrogens with one attached hydrogen (secondary N) is 2. The summed E-state index contributed by atoms with van der Waals surface area (Å²) in [6, 6.07) is 4.23. The molecule has 16 heavy (non-hydrogen) atoms. The van der Waals surface area contributed by atoms with Crippen LogP contribution in [0, 0.1) is 6.92 Å². The molecular weight excluding hydrogens is 196 g/mol. The number of H-pyrrole nitrogens is 1. The van der Waals surface area contributed by atoms with Crippen LogP contribution in [-0.2, 0) is 0 Å². The summed E-state index contributed by atoms with van der Waals surface area (Å²) in [4.78, 5) is 3.29. The lowest BCUT2D eigenvalue weighted by atomic mass is 10.0. The van der Waals surface area contributed by atoms with Crippen LogP contribution in [0.15, 0.2) is 31.5 Å². The molecule has 0 amide bonds. The maximum atomic E-state index is 4.01. The molecule has 82 valence electrons. The summed E-state index contributed by atoms with van der Waals surface area (Å²) in [5.41, 5.74) is 5.49. The van der Waals surface area contributed by atoms with Gasteiger partial charge in [0, 0.05) is 29.9 Å². The van der Waals surface area contributed by atoms with Gasteiger partial charge in [-0.15, -0.1) is 0 Å². The quantitative estimate of drug-likeness (QED) is 0.802. The van der Waals surface area contributed by atoms with Gasteiger partial charge in [-0.3, -0.25) is 0 Å². The molecular formula is C14H16N2. The summed E-state index contributed by atoms with van der Waals surface area (Å²) >= 11 is 0. The lowest BCUT2D eigenvalue weighted by molar-refractivity contribution is 1.13. The van der Waals surface area contributed by atoms with E-state index in [0.29, 0.717) is 0 Å². The van der Waals surface area contributed by atoms with Crippen molar-refractivity contribution in [1.29, 1.82) is 0 Å². The van der Waals surface area contributed by atoms with Crippen LogP contribution < -0.4 is 5.32 Å². The molecule has 2 heteroatoms. The Labute approximate surface area is 95.7 Å². The first-order chi connectivity index (χ1) is 7.67. The number of rotatable bonds is 3. The highest BCUT2D eigenvalue weighted by Gasteiger charge is 2.08. The predicted molar refractivity (Wildman–Crippen MR) is 71.2 cm³/mol. The van der Waals surface area contributed by atoms with Crippen molar-refractivity contribution in [2.75, 3.05) is 7.05 Å². The zero-order valence-electron chi connectivity index (χ0n) is 9.72. The van der Waals surface area contributed by atoms with Crippen molar-refractivity contribution < 1.29 is 0 Å². The first kappa shape index (κ1) is 10.6. The van der Waals surface area contributed by atoms with Crippen LogP contribution in [0.1, 0.15) is 16.7 Å². The van der Waals surface area contributed by atoms with E-state index < -0.39 is 0 Å². The fraction of sp³-hybridized carbons (Fsp3) is 0.143. The molecule has 0 saturated carbocycles. The highest BCUT2D eigenvalue weighted by molar-refractivity contribution is 5.94. The van der Waals surface area contributed by atoms with Crippen LogP contribution in [0.2, 0.25) is 0 Å². The molecule has 0 saturated heterocycles. The van der Waals surface area contributed by atoms with Crippen molar-refractivity contribution in [2.45, 2.75) is 6.92 Å². The average molecular weight is 212 g/mol. The molecule has 2 rings (SSSR count). The maximum absolute atomic E-state index is 4.01. The van der Waals surface area contributed by atoms with E-state index in [4.69, 9.17) is 0 Å². The molecule has 2 nitrogen and oxygen atoms in total. The van der Waals surface area contributed by atoms with Crippen LogP contribution in [0.3, 0.4) is 0 Å². The summed E-state index contributed by atoms with van der Waals surface area (Å²) in [5, 5.41) is 4.31. The zero-order valence-corrected chi connectivity index (χ0v) is 9.72. The second-order valence-electron chi connectivity index (χ2n) is 3.90. The van der Waals surface area contributed by atoms with Gasteiger partial charge in [0.1, 0.15) is 0 Å². The highest BCUT2D eigenvalue weighted by atomic mass is 14.8. The smallest absolute Gasteiger partial charge is 0.0551 e. The van der Waals surface area contributed by atoms with Crippen molar-refractivity contribution >= 4 is 22.7 Å². The molecule has 2 aromatic rings. The van der Waals surface area contributed by atoms with E-state index in [1.54, 1.807) is 0 Å². The Morgan fingerprint density at radius 1 is 1.44 bits per heavy atom. The number of benzene rings is 1. The van der Waals surface area contributed by atoms with E-state index in [-0.39, 0.29) is 0 Å². The molecule has 0 aliphatic heterocycles. The van der Waals surface area contributed by atoms with Crippen LogP contribution in [0.25, 0.3) is 22.7 Å². The van der Waals surface area contributed by atoms with Crippen molar-refractivity contribution in [3.63, 3.8) is 0 Å². The third-order valence-corrected chi connectivity index (χ3v) is 2.88. The van der Waals surface area contributed by atoms with E-state index in [1.807, 2.05) is 19.3 Å². The van der Waals surface area contributed by atoms with Gasteiger partial charge in [-0.2, -0.15) is 0 Å². The predicted octanol–water partition coefficient (Wildman–Crippen LogP) is 3.31. The van der Waals surface area contributed by atoms with Crippen LogP contribution in [-0.4, -0.2) is 12.0 Å². The van der Waals surface area contributed by atoms with Crippen LogP contribution in [0.4, 0.5) is 0 Å². The minimum absolute atomic E-state index is 0.913. The molecule has 0 unspecified atom stereocenters. The molecule has 1 heterocycles. The Balaban J connectivity index is 2.79. The third-order valence-electron chi connectivity index (χ3n) is 2.88. The molecule has 2 N–H and O–H groups in total. The Morgan fingerprint density at radius 2 is 2.19 bits per heavy atom. The molecule has 0 fully saturated rings. The van der Waals surface area contributed by atoms with E-state index in [9.17, 15) is 0 Å². The molecule has 0 atom stereocenters. The summed E-state index contributed by atoms with van der Waals surface area (Å²) in [6.07, 6.45) is 3.88. The van der Waals surface area contributed by atoms with Gasteiger partial charge in [0.05, 0.1) is 5.52 Å². The van der Waals surface area contributed by atoms with Crippen molar-refractivity contribution in [2.24, 2.45) is 0 Å². The topological polar surface area (TPSA) is 27.8 Å². The number of hydrogen-bond donors (Lipinski definition) is 2. The molecule has 0 bridgehead atoms. The Morgan fingerprint density at radius 3 is 2.81 bits per heavy atom. The average Bonchev–Trinajstić information content (AvgIpc) is 2.69. The fourth-order valence-corrected chi connectivity index (χ4v) is 1.88. The van der Waals surface area contributed by atoms with Crippen molar-refractivity contribution in [1.82, 2.24) is 10.3 Å². The summed E-state index contributed by atoms with van der Waals surface area (Å²) in [7, 11) is 1.88. The number of aromatic amines is 1. The van der Waals surface area contributed by atoms with E-state index in [1.165, 1.54) is 10.9 Å². The number of aryl methyl sites for hydroxylation is 1. The van der Waals surface area contributed by atoms with E-state index in [2.05, 4.69) is 42.5 Å². The minimum Gasteiger partial charge on any atom is -0.388 e. The molecule has 0 radical (unpaired) electrons. The Kier molecular flexibility index (Phi) is 2.57. The summed E-state index contributed by atoms with van der Waals surface area (Å²) < 4.78 is 0. The molecule has 1 aromatic heterocycles. The van der Waals surface area contributed by atoms with Crippen LogP contribution in [0.5, 0.6) is 0 Å². The standard InChI is InChI=1S/C14H16N2/c1-5-11-6-12-9(2)8-16-14(12)13(7-11)10(3)15-4/h5-8,15-16H,1,3H2,2,4H3. The summed E-state index contributed by atoms with van der Waals surface area (Å²) in [6.45, 7) is 9.93. The van der Waals surface area contributed by atoms with Gasteiger partial charge < -0.3 is 10.3 Å². The molecule has 1 aromatic carbocycles. The monoisotopic (exact) mass is 212 g/mol. The SMILES string of the molecule is C=Cc1cc(C(=C)NC)c2[nH]cc(C)c2c1. The third kappa shape index (κ3) is 1.52. The number of hydrogen-bond acceptors (Lipinski definition) is 1. The summed E-state index contributed by atoms with van der Waals surface area (Å²) in [5.74, 6) is 0. The van der Waals surface area contributed by atoms with Gasteiger partial charge >= 0.3 is 0 Å². The normalized spacial score (nSPS) is 10.4. The molecule has 0 spiro atoms. The molecule has 0 aliphatic rings. The van der Waals surface area contributed by atoms with E-state index >= 15 is 0 Å². The Hall–Kier alpha value is -1.96. The second kappa shape index (κ2) is 3.89. The second-order valence-corrected chi connectivity index (χ2v) is 3.90. The molecule has 0 aliphatic carbocycles. The van der Waals surface area contributed by atoms with Crippen molar-refractivity contribution in [3.8, 4) is 0 Å². The Bertz CT molecular complexity index is 561. The van der Waals surface area contributed by atoms with Gasteiger partial charge in [0.25, 0.3) is 0 Å². The number of fused-ring (bicyclic) bond motifs is 1. The van der Waals surface area contributed by atoms with Gasteiger partial charge in [0.15, 0.2) is 0 Å². The fourth-order valence-electron chi connectivity index (χ4n) is 1.88. The largest absolute Gasteiger partial charge is 0.388 e.